The molecule has 0 spiro atoms. The summed E-state index contributed by atoms with van der Waals surface area (Å²) in [6.45, 7) is 1.21. The summed E-state index contributed by atoms with van der Waals surface area (Å²) >= 11 is 0. The van der Waals surface area contributed by atoms with E-state index in [1.807, 2.05) is 0 Å². The SMILES string of the molecule is CC([C]=O)C([O])=O. The Kier molecular flexibility index (Phi) is 2.05. The normalized spacial score (nSPS) is 12.7. The van der Waals surface area contributed by atoms with Crippen molar-refractivity contribution in [1.82, 2.24) is 0 Å². The molecule has 0 amide bonds. The smallest absolute Gasteiger partial charge is 0.290 e. The Morgan fingerprint density at radius 1 is 1.71 bits per heavy atom. The standard InChI is InChI=1S/C4H4O3/c1-3(2-5)4(6)7/h3H,1H3. The van der Waals surface area contributed by atoms with Crippen molar-refractivity contribution in [1.29, 1.82) is 0 Å². The Morgan fingerprint density at radius 2 is 2.14 bits per heavy atom. The monoisotopic (exact) mass is 100 g/mol. The van der Waals surface area contributed by atoms with E-state index in [1.165, 1.54) is 13.2 Å². The average Bonchev–Trinajstić information content (AvgIpc) is 1.65. The largest absolute Gasteiger partial charge is 0.366 e. The van der Waals surface area contributed by atoms with Crippen molar-refractivity contribution in [3.05, 3.63) is 0 Å². The van der Waals surface area contributed by atoms with Crippen LogP contribution in [0, 0.1) is 5.92 Å². The van der Waals surface area contributed by atoms with E-state index in [-0.39, 0.29) is 0 Å². The van der Waals surface area contributed by atoms with Crippen molar-refractivity contribution in [2.75, 3.05) is 0 Å². The lowest BCUT2D eigenvalue weighted by molar-refractivity contribution is -0.145. The van der Waals surface area contributed by atoms with E-state index in [0.29, 0.717) is 0 Å². The summed E-state index contributed by atoms with van der Waals surface area (Å²) in [5, 5.41) is 9.56. The molecular formula is C4H4O3. The van der Waals surface area contributed by atoms with Crippen molar-refractivity contribution in [2.24, 2.45) is 5.92 Å². The Morgan fingerprint density at radius 3 is 2.14 bits per heavy atom. The third kappa shape index (κ3) is 1.92. The second-order valence-electron chi connectivity index (χ2n) is 1.16. The van der Waals surface area contributed by atoms with Crippen molar-refractivity contribution in [3.63, 3.8) is 0 Å². The molecule has 0 fully saturated rings. The summed E-state index contributed by atoms with van der Waals surface area (Å²) in [5.74, 6) is -2.48. The third-order valence-electron chi connectivity index (χ3n) is 0.530. The number of carbonyl (C=O) groups is 1. The van der Waals surface area contributed by atoms with Crippen LogP contribution >= 0.6 is 0 Å². The van der Waals surface area contributed by atoms with Gasteiger partial charge >= 0.3 is 5.97 Å². The van der Waals surface area contributed by atoms with Gasteiger partial charge in [0.15, 0.2) is 0 Å². The number of hydrogen-bond donors (Lipinski definition) is 0. The van der Waals surface area contributed by atoms with E-state index in [1.54, 1.807) is 0 Å². The van der Waals surface area contributed by atoms with Gasteiger partial charge < -0.3 is 0 Å². The molecule has 3 nitrogen and oxygen atoms in total. The maximum absolute atomic E-state index is 9.56. The van der Waals surface area contributed by atoms with Crippen LogP contribution in [0.1, 0.15) is 6.92 Å². The van der Waals surface area contributed by atoms with Gasteiger partial charge in [0.25, 0.3) is 0 Å². The molecule has 7 heavy (non-hydrogen) atoms. The van der Waals surface area contributed by atoms with Crippen LogP contribution in [-0.2, 0) is 14.7 Å². The Balaban J connectivity index is 3.55. The van der Waals surface area contributed by atoms with Gasteiger partial charge in [-0.3, -0.25) is 4.79 Å². The Hall–Kier alpha value is -0.860. The van der Waals surface area contributed by atoms with Gasteiger partial charge in [0.2, 0.25) is 6.29 Å². The second kappa shape index (κ2) is 2.34. The zero-order valence-corrected chi connectivity index (χ0v) is 3.80. The zero-order chi connectivity index (χ0) is 5.86. The molecule has 0 N–H and O–H groups in total. The van der Waals surface area contributed by atoms with Crippen LogP contribution in [0.5, 0.6) is 0 Å². The van der Waals surface area contributed by atoms with Gasteiger partial charge in [-0.05, 0) is 6.92 Å². The van der Waals surface area contributed by atoms with E-state index in [4.69, 9.17) is 0 Å². The number of hydrogen-bond acceptors (Lipinski definition) is 2. The van der Waals surface area contributed by atoms with E-state index in [0.717, 1.165) is 0 Å². The fourth-order valence-electron chi connectivity index (χ4n) is 0.0481. The molecule has 0 saturated heterocycles. The predicted molar refractivity (Wildman–Crippen MR) is 20.6 cm³/mol. The molecule has 3 heteroatoms. The molecule has 0 aromatic rings. The van der Waals surface area contributed by atoms with Gasteiger partial charge in [-0.15, -0.1) is 0 Å². The molecule has 0 saturated carbocycles. The van der Waals surface area contributed by atoms with E-state index >= 15 is 0 Å². The van der Waals surface area contributed by atoms with Gasteiger partial charge in [0.05, 0.1) is 0 Å². The molecular weight excluding hydrogens is 96.0 g/mol. The van der Waals surface area contributed by atoms with Crippen molar-refractivity contribution in [3.8, 4) is 0 Å². The average molecular weight is 100 g/mol. The second-order valence-corrected chi connectivity index (χ2v) is 1.16. The van der Waals surface area contributed by atoms with Crippen LogP contribution in [0.3, 0.4) is 0 Å². The lowest BCUT2D eigenvalue weighted by atomic mass is 10.2. The Labute approximate surface area is 41.0 Å². The molecule has 0 bridgehead atoms. The van der Waals surface area contributed by atoms with Crippen molar-refractivity contribution in [2.45, 2.75) is 6.92 Å². The molecule has 0 aliphatic heterocycles. The summed E-state index contributed by atoms with van der Waals surface area (Å²) in [6.07, 6.45) is 1.25. The van der Waals surface area contributed by atoms with E-state index in [2.05, 4.69) is 0 Å². The molecule has 38 valence electrons. The summed E-state index contributed by atoms with van der Waals surface area (Å²) in [5.41, 5.74) is 0. The van der Waals surface area contributed by atoms with Crippen LogP contribution in [0.4, 0.5) is 0 Å². The Bertz CT molecular complexity index is 86.9. The van der Waals surface area contributed by atoms with Crippen LogP contribution in [-0.4, -0.2) is 12.3 Å². The first-order valence-corrected chi connectivity index (χ1v) is 1.77. The van der Waals surface area contributed by atoms with Gasteiger partial charge in [-0.1, -0.05) is 0 Å². The summed E-state index contributed by atoms with van der Waals surface area (Å²) < 4.78 is 0. The van der Waals surface area contributed by atoms with Crippen molar-refractivity contribution >= 4 is 12.3 Å². The van der Waals surface area contributed by atoms with Crippen LogP contribution in [0.25, 0.3) is 0 Å². The van der Waals surface area contributed by atoms with Crippen LogP contribution in [0.2, 0.25) is 0 Å². The highest BCUT2D eigenvalue weighted by Gasteiger charge is 2.10. The molecule has 0 rings (SSSR count). The quantitative estimate of drug-likeness (QED) is 0.447. The lowest BCUT2D eigenvalue weighted by Gasteiger charge is -1.82. The maximum Gasteiger partial charge on any atom is 0.366 e. The van der Waals surface area contributed by atoms with Crippen LogP contribution in [0.15, 0.2) is 0 Å². The first-order chi connectivity index (χ1) is 3.18. The number of carbonyl (C=O) groups excluding carboxylic acids is 2. The number of rotatable bonds is 2. The molecule has 2 radical (unpaired) electrons. The van der Waals surface area contributed by atoms with Gasteiger partial charge in [0, 0.05) is 0 Å². The third-order valence-corrected chi connectivity index (χ3v) is 0.530. The van der Waals surface area contributed by atoms with Gasteiger partial charge in [-0.25, -0.2) is 9.90 Å². The summed E-state index contributed by atoms with van der Waals surface area (Å²) in [4.78, 5) is 19.0. The summed E-state index contributed by atoms with van der Waals surface area (Å²) in [6, 6.07) is 0. The lowest BCUT2D eigenvalue weighted by Crippen LogP contribution is -2.07. The van der Waals surface area contributed by atoms with E-state index < -0.39 is 11.9 Å². The minimum Gasteiger partial charge on any atom is -0.290 e. The highest BCUT2D eigenvalue weighted by atomic mass is 16.4. The van der Waals surface area contributed by atoms with Gasteiger partial charge in [-0.2, -0.15) is 0 Å². The molecule has 0 aliphatic rings. The zero-order valence-electron chi connectivity index (χ0n) is 3.80. The molecule has 0 aromatic heterocycles. The minimum atomic E-state index is -1.38. The first-order valence-electron chi connectivity index (χ1n) is 1.77. The fourth-order valence-corrected chi connectivity index (χ4v) is 0.0481. The molecule has 0 heterocycles. The maximum atomic E-state index is 9.56. The van der Waals surface area contributed by atoms with Crippen LogP contribution < -0.4 is 0 Å². The first kappa shape index (κ1) is 6.14. The topological polar surface area (TPSA) is 54.0 Å². The van der Waals surface area contributed by atoms with E-state index in [9.17, 15) is 14.7 Å². The van der Waals surface area contributed by atoms with Crippen molar-refractivity contribution < 1.29 is 14.7 Å². The highest BCUT2D eigenvalue weighted by Crippen LogP contribution is 1.85. The predicted octanol–water partition coefficient (Wildman–Crippen LogP) is -0.311. The van der Waals surface area contributed by atoms with Gasteiger partial charge in [0.1, 0.15) is 5.92 Å². The highest BCUT2D eigenvalue weighted by molar-refractivity contribution is 5.85. The molecule has 1 atom stereocenters. The summed E-state index contributed by atoms with van der Waals surface area (Å²) in [7, 11) is 0. The molecule has 0 aromatic carbocycles. The molecule has 0 aliphatic carbocycles. The molecule has 1 unspecified atom stereocenters. The minimum absolute atomic E-state index is 1.10. The fraction of sp³-hybridized carbons (Fsp3) is 0.500.